The maximum atomic E-state index is 12.7. The minimum absolute atomic E-state index is 0.107. The smallest absolute Gasteiger partial charge is 0.123 e. The molecule has 0 bridgehead atoms. The normalized spacial score (nSPS) is 13.7. The molecule has 0 aromatic heterocycles. The van der Waals surface area contributed by atoms with Gasteiger partial charge in [-0.3, -0.25) is 0 Å². The molecular formula is C108H186O3. The first-order valence-electron chi connectivity index (χ1n) is 46.7. The number of unbranched alkanes of at least 4 members (excludes halogenated alkanes) is 18. The first-order chi connectivity index (χ1) is 50.9. The minimum atomic E-state index is -0.199. The van der Waals surface area contributed by atoms with Crippen LogP contribution in [-0.4, -0.2) is 15.3 Å². The van der Waals surface area contributed by atoms with E-state index in [1.165, 1.54) is 152 Å². The molecule has 0 radical (unpaired) electrons. The Balaban J connectivity index is 2.15. The molecule has 3 N–H and O–H groups in total. The Labute approximate surface area is 692 Å². The number of aromatic hydroxyl groups is 3. The Morgan fingerprint density at radius 1 is 0.180 bits per heavy atom. The van der Waals surface area contributed by atoms with Gasteiger partial charge in [0.25, 0.3) is 0 Å². The predicted octanol–water partition coefficient (Wildman–Crippen LogP) is 33.5. The van der Waals surface area contributed by atoms with E-state index in [4.69, 9.17) is 0 Å². The van der Waals surface area contributed by atoms with Crippen molar-refractivity contribution in [1.29, 1.82) is 0 Å². The second-order valence-corrected chi connectivity index (χ2v) is 47.9. The van der Waals surface area contributed by atoms with Crippen molar-refractivity contribution in [3.8, 4) is 17.2 Å². The second-order valence-electron chi connectivity index (χ2n) is 47.9. The highest BCUT2D eigenvalue weighted by Gasteiger charge is 2.40. The molecule has 4 aromatic carbocycles. The summed E-state index contributed by atoms with van der Waals surface area (Å²) in [6.45, 7) is 78.2. The van der Waals surface area contributed by atoms with E-state index in [1.807, 2.05) is 0 Å². The summed E-state index contributed by atoms with van der Waals surface area (Å²) in [5.41, 5.74) is 21.0. The van der Waals surface area contributed by atoms with Gasteiger partial charge in [-0.15, -0.1) is 0 Å². The summed E-state index contributed by atoms with van der Waals surface area (Å²) in [5, 5.41) is 38.0. The Hall–Kier alpha value is -3.72. The molecule has 0 saturated heterocycles. The highest BCUT2D eigenvalue weighted by Crippen LogP contribution is 2.52. The third kappa shape index (κ3) is 33.7. The molecule has 0 fully saturated rings. The molecule has 0 saturated carbocycles. The molecule has 111 heavy (non-hydrogen) atoms. The van der Waals surface area contributed by atoms with Gasteiger partial charge in [-0.05, 0) is 269 Å². The number of benzene rings is 4. The van der Waals surface area contributed by atoms with Crippen LogP contribution in [0.25, 0.3) is 0 Å². The lowest BCUT2D eigenvalue weighted by Gasteiger charge is -2.38. The van der Waals surface area contributed by atoms with Gasteiger partial charge >= 0.3 is 0 Å². The van der Waals surface area contributed by atoms with E-state index < -0.39 is 0 Å². The summed E-state index contributed by atoms with van der Waals surface area (Å²) in [6, 6.07) is 14.7. The Morgan fingerprint density at radius 2 is 0.306 bits per heavy atom. The van der Waals surface area contributed by atoms with Crippen molar-refractivity contribution in [3.05, 3.63) is 120 Å². The quantitative estimate of drug-likeness (QED) is 0.0386. The largest absolute Gasteiger partial charge is 0.507 e. The van der Waals surface area contributed by atoms with Gasteiger partial charge < -0.3 is 15.3 Å². The molecule has 3 nitrogen and oxygen atoms in total. The lowest BCUT2D eigenvalue weighted by molar-refractivity contribution is 0.266. The van der Waals surface area contributed by atoms with Crippen molar-refractivity contribution in [2.45, 2.75) is 511 Å². The molecule has 636 valence electrons. The summed E-state index contributed by atoms with van der Waals surface area (Å²) in [7, 11) is 0. The van der Waals surface area contributed by atoms with Crippen LogP contribution >= 0.6 is 0 Å². The van der Waals surface area contributed by atoms with Crippen molar-refractivity contribution in [1.82, 2.24) is 0 Å². The molecule has 4 rings (SSSR count). The van der Waals surface area contributed by atoms with Crippen molar-refractivity contribution >= 4 is 0 Å². The summed E-state index contributed by atoms with van der Waals surface area (Å²) in [4.78, 5) is 0. The third-order valence-corrected chi connectivity index (χ3v) is 24.7. The number of rotatable bonds is 48. The SMILES string of the molecule is CCCCCCCCc1c(CCCCc2cc(C(C)(C)CC(C)(C)C)c(O)c(C(C)(C)CC(C)(C)C)c2)c(CCCCCCCC)c(CCCCc2cc(C(C)(C)CC(C)(C)C)c(O)c(C(C)(C)CC(C)(C)C)c2)c(CCCCCCCC)c1CCCCc1cc(C(C)(C)CC(C)(C)C)c(O)c(C(C)(C)CC(C)(C)C)c1. The zero-order valence-corrected chi connectivity index (χ0v) is 80.4. The summed E-state index contributed by atoms with van der Waals surface area (Å²) < 4.78 is 0. The van der Waals surface area contributed by atoms with Crippen LogP contribution < -0.4 is 0 Å². The number of hydrogen-bond acceptors (Lipinski definition) is 3. The monoisotopic (exact) mass is 1530 g/mol. The summed E-state index contributed by atoms with van der Waals surface area (Å²) in [5.74, 6) is 1.58. The van der Waals surface area contributed by atoms with Crippen LogP contribution in [0, 0.1) is 32.5 Å². The Bertz CT molecular complexity index is 2900. The zero-order chi connectivity index (χ0) is 84.2. The fourth-order valence-electron chi connectivity index (χ4n) is 22.2. The fourth-order valence-corrected chi connectivity index (χ4v) is 22.2. The van der Waals surface area contributed by atoms with Gasteiger partial charge in [-0.2, -0.15) is 0 Å². The standard InChI is InChI=1S/C108H186O3/c1-34-37-40-43-46-49-61-82-85(64-55-52-58-79-67-88(103(22,23)73-97(4,5)6)94(109)89(68-79)104(24,25)74-98(7,8)9)83(62-50-47-44-41-38-35-2)87(66-57-54-60-81-71-92(107(30,31)77-101(16,17)18)96(111)93(72-81)108(32,33)78-102(19,20)21)84(63-51-48-45-42-39-36-3)86(82)65-56-53-59-80-69-90(105(26,27)75-99(10,11)12)95(110)91(70-80)106(28,29)76-100(13,14)15/h67-72,109-111H,34-66,73-78H2,1-33H3. The summed E-state index contributed by atoms with van der Waals surface area (Å²) >= 11 is 0. The summed E-state index contributed by atoms with van der Waals surface area (Å²) in [6.07, 6.45) is 46.1. The number of hydrogen-bond donors (Lipinski definition) is 3. The van der Waals surface area contributed by atoms with Crippen LogP contribution in [0.4, 0.5) is 0 Å². The molecule has 0 amide bonds. The molecule has 0 aliphatic rings. The van der Waals surface area contributed by atoms with Crippen LogP contribution in [0.5, 0.6) is 17.2 Å². The van der Waals surface area contributed by atoms with E-state index in [9.17, 15) is 15.3 Å². The molecule has 0 heterocycles. The van der Waals surface area contributed by atoms with Crippen LogP contribution in [0.1, 0.15) is 505 Å². The molecule has 3 heteroatoms. The first-order valence-corrected chi connectivity index (χ1v) is 46.7. The van der Waals surface area contributed by atoms with Gasteiger partial charge in [-0.1, -0.05) is 361 Å². The van der Waals surface area contributed by atoms with Gasteiger partial charge in [0.1, 0.15) is 17.2 Å². The topological polar surface area (TPSA) is 60.7 Å². The molecule has 0 unspecified atom stereocenters. The third-order valence-electron chi connectivity index (χ3n) is 24.7. The lowest BCUT2D eigenvalue weighted by atomic mass is 9.67. The van der Waals surface area contributed by atoms with E-state index in [-0.39, 0.29) is 65.0 Å². The van der Waals surface area contributed by atoms with E-state index in [1.54, 1.807) is 33.4 Å². The molecule has 4 aromatic rings. The number of aryl methyl sites for hydroxylation is 3. The highest BCUT2D eigenvalue weighted by atomic mass is 16.3. The first kappa shape index (κ1) is 99.6. The number of phenolic OH excluding ortho intramolecular Hbond substituents is 3. The molecule has 0 aliphatic heterocycles. The lowest BCUT2D eigenvalue weighted by Crippen LogP contribution is -2.28. The van der Waals surface area contributed by atoms with E-state index in [0.717, 1.165) is 149 Å². The Kier molecular flexibility index (Phi) is 37.8. The van der Waals surface area contributed by atoms with Crippen molar-refractivity contribution in [2.24, 2.45) is 32.5 Å². The van der Waals surface area contributed by atoms with Crippen LogP contribution in [0.2, 0.25) is 0 Å². The number of phenols is 3. The molecule has 0 atom stereocenters. The maximum absolute atomic E-state index is 12.7. The van der Waals surface area contributed by atoms with Crippen LogP contribution in [-0.2, 0) is 90.3 Å². The van der Waals surface area contributed by atoms with Crippen molar-refractivity contribution in [3.63, 3.8) is 0 Å². The van der Waals surface area contributed by atoms with E-state index in [2.05, 4.69) is 265 Å². The van der Waals surface area contributed by atoms with E-state index >= 15 is 0 Å². The van der Waals surface area contributed by atoms with Gasteiger partial charge in [0.05, 0.1) is 0 Å². The molecule has 0 spiro atoms. The minimum Gasteiger partial charge on any atom is -0.507 e. The molecule has 0 aliphatic carbocycles. The van der Waals surface area contributed by atoms with Gasteiger partial charge in [0.15, 0.2) is 0 Å². The maximum Gasteiger partial charge on any atom is 0.123 e. The highest BCUT2D eigenvalue weighted by molar-refractivity contribution is 5.56. The second kappa shape index (κ2) is 42.1. The zero-order valence-electron chi connectivity index (χ0n) is 80.4. The molecular weight excluding hydrogens is 1350 g/mol. The fraction of sp³-hybridized carbons (Fsp3) is 0.778. The predicted molar refractivity (Wildman–Crippen MR) is 495 cm³/mol. The van der Waals surface area contributed by atoms with Gasteiger partial charge in [-0.25, -0.2) is 0 Å². The van der Waals surface area contributed by atoms with Crippen LogP contribution in [0.15, 0.2) is 36.4 Å². The van der Waals surface area contributed by atoms with E-state index in [0.29, 0.717) is 17.2 Å². The van der Waals surface area contributed by atoms with Gasteiger partial charge in [0.2, 0.25) is 0 Å². The van der Waals surface area contributed by atoms with Crippen molar-refractivity contribution < 1.29 is 15.3 Å². The average molecular weight is 1530 g/mol. The van der Waals surface area contributed by atoms with Crippen LogP contribution in [0.3, 0.4) is 0 Å². The van der Waals surface area contributed by atoms with Gasteiger partial charge in [0, 0.05) is 33.4 Å². The Morgan fingerprint density at radius 3 is 0.450 bits per heavy atom. The average Bonchev–Trinajstić information content (AvgIpc) is 0.784. The van der Waals surface area contributed by atoms with Crippen molar-refractivity contribution in [2.75, 3.05) is 0 Å².